The molecule has 0 bridgehead atoms. The molecular formula is C14H16N2O3. The zero-order chi connectivity index (χ0) is 13.8. The Morgan fingerprint density at radius 2 is 2.16 bits per heavy atom. The van der Waals surface area contributed by atoms with Crippen molar-refractivity contribution in [1.29, 1.82) is 0 Å². The molecule has 1 aromatic rings. The molecule has 5 nitrogen and oxygen atoms in total. The van der Waals surface area contributed by atoms with E-state index in [1.165, 1.54) is 18.7 Å². The number of carboxylic acids is 1. The van der Waals surface area contributed by atoms with Gasteiger partial charge in [-0.1, -0.05) is 6.07 Å². The third-order valence-electron chi connectivity index (χ3n) is 3.37. The van der Waals surface area contributed by atoms with Gasteiger partial charge in [-0.25, -0.2) is 4.79 Å². The molecule has 1 aliphatic rings. The molecule has 0 radical (unpaired) electrons. The van der Waals surface area contributed by atoms with Gasteiger partial charge >= 0.3 is 5.97 Å². The van der Waals surface area contributed by atoms with Crippen molar-refractivity contribution in [3.63, 3.8) is 0 Å². The molecule has 1 fully saturated rings. The Bertz CT molecular complexity index is 504. The summed E-state index contributed by atoms with van der Waals surface area (Å²) in [5.74, 6) is -1.09. The topological polar surface area (TPSA) is 70.5 Å². The molecule has 1 aromatic heterocycles. The van der Waals surface area contributed by atoms with Crippen molar-refractivity contribution >= 4 is 18.0 Å². The summed E-state index contributed by atoms with van der Waals surface area (Å²) in [6.07, 6.45) is 7.28. The van der Waals surface area contributed by atoms with Gasteiger partial charge in [-0.2, -0.15) is 0 Å². The van der Waals surface area contributed by atoms with E-state index < -0.39 is 5.97 Å². The van der Waals surface area contributed by atoms with Crippen LogP contribution in [0.25, 0.3) is 6.08 Å². The summed E-state index contributed by atoms with van der Waals surface area (Å²) in [5.41, 5.74) is 1.05. The highest BCUT2D eigenvalue weighted by atomic mass is 16.4. The number of nitrogens with zero attached hydrogens (tertiary/aromatic N) is 2. The van der Waals surface area contributed by atoms with E-state index in [0.717, 1.165) is 18.9 Å². The van der Waals surface area contributed by atoms with Crippen LogP contribution in [0.2, 0.25) is 0 Å². The lowest BCUT2D eigenvalue weighted by Crippen LogP contribution is -2.41. The van der Waals surface area contributed by atoms with Crippen molar-refractivity contribution in [1.82, 2.24) is 9.88 Å². The van der Waals surface area contributed by atoms with Crippen molar-refractivity contribution in [3.05, 3.63) is 35.7 Å². The van der Waals surface area contributed by atoms with Gasteiger partial charge in [0.15, 0.2) is 0 Å². The standard InChI is InChI=1S/C14H16N2O3/c1-16(11-3-2-4-11)14(19)12-7-5-10(9-15-12)6-8-13(17)18/h5-9,11H,2-4H2,1H3,(H,17,18)/b8-6+. The number of hydrogen-bond donors (Lipinski definition) is 1. The van der Waals surface area contributed by atoms with Gasteiger partial charge in [-0.05, 0) is 37.0 Å². The number of carbonyl (C=O) groups excluding carboxylic acids is 1. The van der Waals surface area contributed by atoms with Gasteiger partial charge in [0.2, 0.25) is 0 Å². The van der Waals surface area contributed by atoms with Crippen LogP contribution in [0, 0.1) is 0 Å². The smallest absolute Gasteiger partial charge is 0.328 e. The Kier molecular flexibility index (Phi) is 3.94. The average Bonchev–Trinajstić information content (AvgIpc) is 2.34. The predicted octanol–water partition coefficient (Wildman–Crippen LogP) is 1.80. The molecule has 2 rings (SSSR count). The quantitative estimate of drug-likeness (QED) is 0.838. The van der Waals surface area contributed by atoms with Gasteiger partial charge in [0.25, 0.3) is 5.91 Å². The molecule has 1 N–H and O–H groups in total. The molecule has 0 unspecified atom stereocenters. The Labute approximate surface area is 111 Å². The van der Waals surface area contributed by atoms with E-state index in [1.807, 2.05) is 0 Å². The summed E-state index contributed by atoms with van der Waals surface area (Å²) in [7, 11) is 1.80. The lowest BCUT2D eigenvalue weighted by atomic mass is 9.91. The Morgan fingerprint density at radius 1 is 1.42 bits per heavy atom. The molecule has 0 saturated heterocycles. The van der Waals surface area contributed by atoms with Crippen LogP contribution in [0.3, 0.4) is 0 Å². The molecular weight excluding hydrogens is 244 g/mol. The molecule has 0 atom stereocenters. The summed E-state index contributed by atoms with van der Waals surface area (Å²) >= 11 is 0. The molecule has 19 heavy (non-hydrogen) atoms. The normalized spacial score (nSPS) is 15.2. The van der Waals surface area contributed by atoms with E-state index in [-0.39, 0.29) is 5.91 Å². The van der Waals surface area contributed by atoms with Gasteiger partial charge in [-0.3, -0.25) is 9.78 Å². The van der Waals surface area contributed by atoms with E-state index in [9.17, 15) is 9.59 Å². The number of rotatable bonds is 4. The average molecular weight is 260 g/mol. The summed E-state index contributed by atoms with van der Waals surface area (Å²) < 4.78 is 0. The second kappa shape index (κ2) is 5.65. The van der Waals surface area contributed by atoms with E-state index in [4.69, 9.17) is 5.11 Å². The SMILES string of the molecule is CN(C(=O)c1ccc(/C=C/C(=O)O)cn1)C1CCC1. The highest BCUT2D eigenvalue weighted by Gasteiger charge is 2.26. The van der Waals surface area contributed by atoms with Crippen molar-refractivity contribution in [2.75, 3.05) is 7.05 Å². The third-order valence-corrected chi connectivity index (χ3v) is 3.37. The van der Waals surface area contributed by atoms with Crippen molar-refractivity contribution in [2.45, 2.75) is 25.3 Å². The summed E-state index contributed by atoms with van der Waals surface area (Å²) in [5, 5.41) is 8.52. The van der Waals surface area contributed by atoms with Crippen LogP contribution in [-0.4, -0.2) is 40.0 Å². The van der Waals surface area contributed by atoms with E-state index in [1.54, 1.807) is 24.1 Å². The fraction of sp³-hybridized carbons (Fsp3) is 0.357. The number of aliphatic carboxylic acids is 1. The maximum atomic E-state index is 12.1. The molecule has 1 saturated carbocycles. The van der Waals surface area contributed by atoms with Crippen LogP contribution in [0.15, 0.2) is 24.4 Å². The largest absolute Gasteiger partial charge is 0.478 e. The lowest BCUT2D eigenvalue weighted by Gasteiger charge is -2.34. The molecule has 0 spiro atoms. The molecule has 0 aromatic carbocycles. The second-order valence-electron chi connectivity index (χ2n) is 4.65. The van der Waals surface area contributed by atoms with Gasteiger partial charge in [0.1, 0.15) is 5.69 Å². The fourth-order valence-electron chi connectivity index (χ4n) is 1.92. The summed E-state index contributed by atoms with van der Waals surface area (Å²) in [6.45, 7) is 0. The van der Waals surface area contributed by atoms with Crippen LogP contribution in [0.4, 0.5) is 0 Å². The molecule has 1 amide bonds. The highest BCUT2D eigenvalue weighted by molar-refractivity contribution is 5.92. The second-order valence-corrected chi connectivity index (χ2v) is 4.65. The fourth-order valence-corrected chi connectivity index (χ4v) is 1.92. The Balaban J connectivity index is 2.05. The predicted molar refractivity (Wildman–Crippen MR) is 70.6 cm³/mol. The first-order valence-corrected chi connectivity index (χ1v) is 6.22. The maximum Gasteiger partial charge on any atom is 0.328 e. The molecule has 100 valence electrons. The Morgan fingerprint density at radius 3 is 2.63 bits per heavy atom. The highest BCUT2D eigenvalue weighted by Crippen LogP contribution is 2.24. The molecule has 1 aliphatic carbocycles. The first kappa shape index (κ1) is 13.3. The number of hydrogen-bond acceptors (Lipinski definition) is 3. The minimum Gasteiger partial charge on any atom is -0.478 e. The number of pyridine rings is 1. The van der Waals surface area contributed by atoms with Crippen LogP contribution in [0.1, 0.15) is 35.3 Å². The molecule has 0 aliphatic heterocycles. The summed E-state index contributed by atoms with van der Waals surface area (Å²) in [6, 6.07) is 3.65. The van der Waals surface area contributed by atoms with Gasteiger partial charge in [0.05, 0.1) is 0 Å². The Hall–Kier alpha value is -2.17. The molecule has 5 heteroatoms. The van der Waals surface area contributed by atoms with E-state index in [2.05, 4.69) is 4.98 Å². The number of carboxylic acid groups (broad SMARTS) is 1. The number of amides is 1. The van der Waals surface area contributed by atoms with Crippen LogP contribution in [-0.2, 0) is 4.79 Å². The van der Waals surface area contributed by atoms with Gasteiger partial charge in [0, 0.05) is 25.4 Å². The zero-order valence-electron chi connectivity index (χ0n) is 10.7. The van der Waals surface area contributed by atoms with Crippen molar-refractivity contribution in [3.8, 4) is 0 Å². The van der Waals surface area contributed by atoms with Crippen LogP contribution in [0.5, 0.6) is 0 Å². The van der Waals surface area contributed by atoms with Crippen molar-refractivity contribution < 1.29 is 14.7 Å². The first-order chi connectivity index (χ1) is 9.08. The van der Waals surface area contributed by atoms with Crippen molar-refractivity contribution in [2.24, 2.45) is 0 Å². The summed E-state index contributed by atoms with van der Waals surface area (Å²) in [4.78, 5) is 28.3. The van der Waals surface area contributed by atoms with Crippen LogP contribution >= 0.6 is 0 Å². The maximum absolute atomic E-state index is 12.1. The first-order valence-electron chi connectivity index (χ1n) is 6.22. The zero-order valence-corrected chi connectivity index (χ0v) is 10.7. The third kappa shape index (κ3) is 3.19. The number of carbonyl (C=O) groups is 2. The van der Waals surface area contributed by atoms with Gasteiger partial charge < -0.3 is 10.0 Å². The molecule has 1 heterocycles. The lowest BCUT2D eigenvalue weighted by molar-refractivity contribution is -0.131. The van der Waals surface area contributed by atoms with Gasteiger partial charge in [-0.15, -0.1) is 0 Å². The minimum absolute atomic E-state index is 0.0848. The van der Waals surface area contributed by atoms with E-state index >= 15 is 0 Å². The monoisotopic (exact) mass is 260 g/mol. The number of aromatic nitrogens is 1. The minimum atomic E-state index is -1.01. The van der Waals surface area contributed by atoms with E-state index in [0.29, 0.717) is 17.3 Å². The van der Waals surface area contributed by atoms with Crippen LogP contribution < -0.4 is 0 Å².